The van der Waals surface area contributed by atoms with E-state index < -0.39 is 29.7 Å². The second-order valence-corrected chi connectivity index (χ2v) is 20.2. The predicted molar refractivity (Wildman–Crippen MR) is 171 cm³/mol. The second-order valence-electron chi connectivity index (χ2n) is 13.4. The van der Waals surface area contributed by atoms with Gasteiger partial charge in [0.25, 0.3) is 0 Å². The molecule has 0 bridgehead atoms. The number of carbonyl (C=O) groups excluding carboxylic acids is 1. The van der Waals surface area contributed by atoms with Crippen molar-refractivity contribution < 1.29 is 32.2 Å². The fourth-order valence-corrected chi connectivity index (χ4v) is 7.68. The Morgan fingerprint density at radius 3 is 2.12 bits per heavy atom. The molecule has 2 aromatic carbocycles. The minimum Gasteiger partial charge on any atom is -0.497 e. The monoisotopic (exact) mass is 620 g/mol. The van der Waals surface area contributed by atoms with Crippen LogP contribution >= 0.6 is 0 Å². The highest BCUT2D eigenvalue weighted by Crippen LogP contribution is 2.38. The standard InChI is InChI=1S/C33H52O7SSi/c1-25(39-23-26-18-20-28(38-7)21-19-26)30(40-42(8,9)32(2,3)4)22-27(34)14-13-17-31(35)33(5,6)24-41(36,37)29-15-11-10-12-16-29/h10-12,15-16,18-21,25,27,30,34H,13-14,17,22-24H2,1-9H3/t25-,27+,30-/m1/s1. The lowest BCUT2D eigenvalue weighted by Crippen LogP contribution is -2.48. The van der Waals surface area contributed by atoms with Crippen LogP contribution in [-0.2, 0) is 30.4 Å². The molecule has 0 aliphatic carbocycles. The maximum Gasteiger partial charge on any atom is 0.192 e. The average Bonchev–Trinajstić information content (AvgIpc) is 2.90. The Morgan fingerprint density at radius 1 is 0.976 bits per heavy atom. The van der Waals surface area contributed by atoms with Gasteiger partial charge in [-0.25, -0.2) is 8.42 Å². The number of rotatable bonds is 17. The predicted octanol–water partition coefficient (Wildman–Crippen LogP) is 6.98. The normalized spacial score (nSPS) is 15.2. The van der Waals surface area contributed by atoms with Crippen LogP contribution < -0.4 is 4.74 Å². The number of benzene rings is 2. The zero-order valence-electron chi connectivity index (χ0n) is 27.0. The first kappa shape index (κ1) is 36.1. The van der Waals surface area contributed by atoms with Crippen LogP contribution in [0.5, 0.6) is 5.75 Å². The van der Waals surface area contributed by atoms with Crippen LogP contribution in [0.1, 0.15) is 72.8 Å². The van der Waals surface area contributed by atoms with E-state index in [0.29, 0.717) is 25.9 Å². The van der Waals surface area contributed by atoms with Gasteiger partial charge in [0, 0.05) is 18.3 Å². The minimum atomic E-state index is -3.59. The van der Waals surface area contributed by atoms with Crippen molar-refractivity contribution in [3.05, 3.63) is 60.2 Å². The van der Waals surface area contributed by atoms with E-state index in [9.17, 15) is 18.3 Å². The molecule has 2 aromatic rings. The lowest BCUT2D eigenvalue weighted by Gasteiger charge is -2.41. The number of aliphatic hydroxyl groups is 1. The lowest BCUT2D eigenvalue weighted by atomic mass is 9.87. The van der Waals surface area contributed by atoms with Crippen molar-refractivity contribution in [3.8, 4) is 5.75 Å². The van der Waals surface area contributed by atoms with Crippen LogP contribution in [0.15, 0.2) is 59.5 Å². The smallest absolute Gasteiger partial charge is 0.192 e. The fourth-order valence-electron chi connectivity index (χ4n) is 4.44. The Labute approximate surface area is 255 Å². The van der Waals surface area contributed by atoms with Crippen LogP contribution in [0.25, 0.3) is 0 Å². The third-order valence-corrected chi connectivity index (χ3v) is 14.9. The summed E-state index contributed by atoms with van der Waals surface area (Å²) in [7, 11) is -4.12. The number of carbonyl (C=O) groups is 1. The van der Waals surface area contributed by atoms with Gasteiger partial charge in [0.2, 0.25) is 0 Å². The number of ether oxygens (including phenoxy) is 2. The molecule has 7 nitrogen and oxygen atoms in total. The lowest BCUT2D eigenvalue weighted by molar-refractivity contribution is -0.126. The first-order chi connectivity index (χ1) is 19.4. The van der Waals surface area contributed by atoms with Crippen LogP contribution in [0.3, 0.4) is 0 Å². The van der Waals surface area contributed by atoms with Crippen LogP contribution in [-0.4, -0.2) is 58.8 Å². The number of Topliss-reactive ketones (excluding diaryl/α,β-unsaturated/α-hetero) is 1. The van der Waals surface area contributed by atoms with Gasteiger partial charge in [0.05, 0.1) is 42.7 Å². The summed E-state index contributed by atoms with van der Waals surface area (Å²) < 4.78 is 43.9. The molecule has 236 valence electrons. The zero-order chi connectivity index (χ0) is 31.8. The Kier molecular flexibility index (Phi) is 13.0. The molecule has 0 heterocycles. The number of hydrogen-bond donors (Lipinski definition) is 1. The molecule has 0 fully saturated rings. The van der Waals surface area contributed by atoms with Crippen molar-refractivity contribution in [2.45, 2.75) is 115 Å². The van der Waals surface area contributed by atoms with E-state index in [4.69, 9.17) is 13.9 Å². The van der Waals surface area contributed by atoms with E-state index in [2.05, 4.69) is 33.9 Å². The Morgan fingerprint density at radius 2 is 1.57 bits per heavy atom. The summed E-state index contributed by atoms with van der Waals surface area (Å²) in [4.78, 5) is 13.3. The fraction of sp³-hybridized carbons (Fsp3) is 0.606. The highest BCUT2D eigenvalue weighted by atomic mass is 32.2. The molecule has 9 heteroatoms. The van der Waals surface area contributed by atoms with Gasteiger partial charge in [-0.2, -0.15) is 0 Å². The Balaban J connectivity index is 1.99. The first-order valence-electron chi connectivity index (χ1n) is 14.8. The summed E-state index contributed by atoms with van der Waals surface area (Å²) >= 11 is 0. The van der Waals surface area contributed by atoms with Gasteiger partial charge < -0.3 is 19.0 Å². The van der Waals surface area contributed by atoms with E-state index in [-0.39, 0.29) is 40.1 Å². The zero-order valence-corrected chi connectivity index (χ0v) is 28.8. The molecule has 42 heavy (non-hydrogen) atoms. The molecule has 0 saturated carbocycles. The van der Waals surface area contributed by atoms with E-state index in [1.165, 1.54) is 0 Å². The van der Waals surface area contributed by atoms with Gasteiger partial charge in [-0.3, -0.25) is 4.79 Å². The molecule has 1 N–H and O–H groups in total. The molecule has 0 radical (unpaired) electrons. The summed E-state index contributed by atoms with van der Waals surface area (Å²) in [6.45, 7) is 16.7. The molecule has 0 aliphatic rings. The van der Waals surface area contributed by atoms with Crippen LogP contribution in [0, 0.1) is 5.41 Å². The van der Waals surface area contributed by atoms with E-state index in [1.807, 2.05) is 31.2 Å². The largest absolute Gasteiger partial charge is 0.497 e. The van der Waals surface area contributed by atoms with Crippen LogP contribution in [0.4, 0.5) is 0 Å². The molecule has 0 spiro atoms. The molecule has 0 unspecified atom stereocenters. The van der Waals surface area contributed by atoms with E-state index in [0.717, 1.165) is 11.3 Å². The summed E-state index contributed by atoms with van der Waals surface area (Å²) in [6.07, 6.45) is 0.193. The molecule has 0 aliphatic heterocycles. The van der Waals surface area contributed by atoms with E-state index >= 15 is 0 Å². The topological polar surface area (TPSA) is 99.1 Å². The van der Waals surface area contributed by atoms with Gasteiger partial charge in [0.15, 0.2) is 18.2 Å². The Hall–Kier alpha value is -2.04. The minimum absolute atomic E-state index is 0.00993. The highest BCUT2D eigenvalue weighted by Gasteiger charge is 2.41. The molecule has 0 saturated heterocycles. The van der Waals surface area contributed by atoms with Crippen LogP contribution in [0.2, 0.25) is 18.1 Å². The second kappa shape index (κ2) is 15.1. The third-order valence-electron chi connectivity index (χ3n) is 8.30. The molecular weight excluding hydrogens is 569 g/mol. The number of methoxy groups -OCH3 is 1. The molecule has 3 atom stereocenters. The number of hydrogen-bond acceptors (Lipinski definition) is 7. The molecular formula is C33H52O7SSi. The number of ketones is 1. The van der Waals surface area contributed by atoms with Crippen molar-refractivity contribution >= 4 is 23.9 Å². The molecule has 0 aromatic heterocycles. The van der Waals surface area contributed by atoms with Crippen molar-refractivity contribution in [2.24, 2.45) is 5.41 Å². The average molecular weight is 621 g/mol. The van der Waals surface area contributed by atoms with Gasteiger partial charge in [-0.05, 0) is 67.7 Å². The maximum atomic E-state index is 13.1. The molecule has 0 amide bonds. The van der Waals surface area contributed by atoms with Gasteiger partial charge in [-0.1, -0.05) is 65.0 Å². The first-order valence-corrected chi connectivity index (χ1v) is 19.4. The summed E-state index contributed by atoms with van der Waals surface area (Å²) in [5.41, 5.74) is -0.0121. The van der Waals surface area contributed by atoms with Crippen molar-refractivity contribution in [1.82, 2.24) is 0 Å². The summed E-state index contributed by atoms with van der Waals surface area (Å²) in [5, 5.41) is 11.0. The van der Waals surface area contributed by atoms with Crippen molar-refractivity contribution in [2.75, 3.05) is 12.9 Å². The summed E-state index contributed by atoms with van der Waals surface area (Å²) in [6, 6.07) is 15.9. The van der Waals surface area contributed by atoms with Gasteiger partial charge in [0.1, 0.15) is 11.5 Å². The third kappa shape index (κ3) is 10.9. The molecule has 2 rings (SSSR count). The SMILES string of the molecule is COc1ccc(CO[C@H](C)[C@@H](C[C@@H](O)CCCC(=O)C(C)(C)CS(=O)(=O)c2ccccc2)O[Si](C)(C)C(C)(C)C)cc1. The van der Waals surface area contributed by atoms with Crippen molar-refractivity contribution in [3.63, 3.8) is 0 Å². The Bertz CT molecular complexity index is 1220. The quantitative estimate of drug-likeness (QED) is 0.191. The highest BCUT2D eigenvalue weighted by molar-refractivity contribution is 7.91. The number of sulfone groups is 1. The van der Waals surface area contributed by atoms with Gasteiger partial charge in [-0.15, -0.1) is 0 Å². The number of aliphatic hydroxyl groups excluding tert-OH is 1. The van der Waals surface area contributed by atoms with E-state index in [1.54, 1.807) is 51.3 Å². The maximum absolute atomic E-state index is 13.1. The van der Waals surface area contributed by atoms with Gasteiger partial charge >= 0.3 is 0 Å². The summed E-state index contributed by atoms with van der Waals surface area (Å²) in [5.74, 6) is 0.407. The van der Waals surface area contributed by atoms with Crippen molar-refractivity contribution in [1.29, 1.82) is 0 Å².